The molecular formula is C15H23ClN2O2. The first kappa shape index (κ1) is 16.8. The first-order valence-corrected chi connectivity index (χ1v) is 7.31. The molecule has 0 radical (unpaired) electrons. The van der Waals surface area contributed by atoms with E-state index in [1.54, 1.807) is 0 Å². The molecule has 0 aliphatic carbocycles. The van der Waals surface area contributed by atoms with Gasteiger partial charge in [-0.15, -0.1) is 0 Å². The number of aliphatic hydroxyl groups excluding tert-OH is 1. The zero-order chi connectivity index (χ0) is 15.0. The van der Waals surface area contributed by atoms with Gasteiger partial charge in [-0.1, -0.05) is 23.7 Å². The number of carbonyl (C=O) groups is 1. The maximum absolute atomic E-state index is 11.8. The Morgan fingerprint density at radius 1 is 1.30 bits per heavy atom. The van der Waals surface area contributed by atoms with Gasteiger partial charge in [-0.25, -0.2) is 4.79 Å². The number of hydrogen-bond donors (Lipinski definition) is 3. The number of amides is 2. The first-order valence-electron chi connectivity index (χ1n) is 6.93. The fourth-order valence-electron chi connectivity index (χ4n) is 2.03. The van der Waals surface area contributed by atoms with Crippen LogP contribution in [0.4, 0.5) is 4.79 Å². The van der Waals surface area contributed by atoms with E-state index in [4.69, 9.17) is 16.7 Å². The Bertz CT molecular complexity index is 426. The van der Waals surface area contributed by atoms with Gasteiger partial charge >= 0.3 is 6.03 Å². The molecule has 2 atom stereocenters. The molecule has 1 aromatic rings. The van der Waals surface area contributed by atoms with Crippen LogP contribution in [-0.4, -0.2) is 29.8 Å². The van der Waals surface area contributed by atoms with Gasteiger partial charge in [-0.3, -0.25) is 0 Å². The lowest BCUT2D eigenvalue weighted by atomic mass is 10.1. The number of rotatable bonds is 7. The Hall–Kier alpha value is -1.26. The number of halogens is 1. The molecule has 0 aliphatic heterocycles. The van der Waals surface area contributed by atoms with Crippen molar-refractivity contribution in [3.8, 4) is 0 Å². The molecule has 0 saturated heterocycles. The molecule has 0 saturated carbocycles. The maximum Gasteiger partial charge on any atom is 0.315 e. The van der Waals surface area contributed by atoms with E-state index in [9.17, 15) is 4.79 Å². The summed E-state index contributed by atoms with van der Waals surface area (Å²) in [5.74, 6) is 0. The standard InChI is InChI=1S/C15H23ClN2O2/c1-11(5-4-8-19)17-15(20)18-12(2)9-13-6-3-7-14(16)10-13/h3,6-7,10-12,19H,4-5,8-9H2,1-2H3,(H2,17,18,20). The van der Waals surface area contributed by atoms with Gasteiger partial charge in [0, 0.05) is 23.7 Å². The molecule has 112 valence electrons. The highest BCUT2D eigenvalue weighted by molar-refractivity contribution is 6.30. The summed E-state index contributed by atoms with van der Waals surface area (Å²) in [6, 6.07) is 7.54. The Morgan fingerprint density at radius 3 is 2.65 bits per heavy atom. The summed E-state index contributed by atoms with van der Waals surface area (Å²) in [6.07, 6.45) is 2.20. The molecule has 0 bridgehead atoms. The molecule has 20 heavy (non-hydrogen) atoms. The lowest BCUT2D eigenvalue weighted by Gasteiger charge is -2.18. The van der Waals surface area contributed by atoms with E-state index in [1.807, 2.05) is 38.1 Å². The number of hydrogen-bond acceptors (Lipinski definition) is 2. The van der Waals surface area contributed by atoms with Crippen LogP contribution in [0.3, 0.4) is 0 Å². The lowest BCUT2D eigenvalue weighted by molar-refractivity contribution is 0.231. The summed E-state index contributed by atoms with van der Waals surface area (Å²) in [4.78, 5) is 11.8. The Kier molecular flexibility index (Phi) is 7.41. The normalized spacial score (nSPS) is 13.6. The number of carbonyl (C=O) groups excluding carboxylic acids is 1. The summed E-state index contributed by atoms with van der Waals surface area (Å²) in [7, 11) is 0. The average Bonchev–Trinajstić information content (AvgIpc) is 2.35. The van der Waals surface area contributed by atoms with Gasteiger partial charge in [0.15, 0.2) is 0 Å². The van der Waals surface area contributed by atoms with Crippen molar-refractivity contribution in [1.82, 2.24) is 10.6 Å². The smallest absolute Gasteiger partial charge is 0.315 e. The molecular weight excluding hydrogens is 276 g/mol. The van der Waals surface area contributed by atoms with E-state index >= 15 is 0 Å². The summed E-state index contributed by atoms with van der Waals surface area (Å²) >= 11 is 5.93. The van der Waals surface area contributed by atoms with Gasteiger partial charge in [0.2, 0.25) is 0 Å². The largest absolute Gasteiger partial charge is 0.396 e. The van der Waals surface area contributed by atoms with Crippen LogP contribution in [0.2, 0.25) is 5.02 Å². The van der Waals surface area contributed by atoms with Gasteiger partial charge < -0.3 is 15.7 Å². The van der Waals surface area contributed by atoms with Crippen molar-refractivity contribution in [2.45, 2.75) is 45.2 Å². The Balaban J connectivity index is 2.34. The fraction of sp³-hybridized carbons (Fsp3) is 0.533. The molecule has 0 fully saturated rings. The van der Waals surface area contributed by atoms with Gasteiger partial charge in [-0.05, 0) is 50.8 Å². The van der Waals surface area contributed by atoms with Crippen molar-refractivity contribution in [3.05, 3.63) is 34.9 Å². The summed E-state index contributed by atoms with van der Waals surface area (Å²) in [5, 5.41) is 15.2. The zero-order valence-electron chi connectivity index (χ0n) is 12.0. The molecule has 1 rings (SSSR count). The van der Waals surface area contributed by atoms with Crippen molar-refractivity contribution in [2.24, 2.45) is 0 Å². The first-order chi connectivity index (χ1) is 9.51. The highest BCUT2D eigenvalue weighted by Crippen LogP contribution is 2.12. The number of aliphatic hydroxyl groups is 1. The van der Waals surface area contributed by atoms with Crippen LogP contribution in [0.5, 0.6) is 0 Å². The van der Waals surface area contributed by atoms with Crippen LogP contribution < -0.4 is 10.6 Å². The predicted octanol–water partition coefficient (Wildman–Crippen LogP) is 2.73. The van der Waals surface area contributed by atoms with Crippen LogP contribution in [0.1, 0.15) is 32.3 Å². The van der Waals surface area contributed by atoms with Crippen LogP contribution in [0.25, 0.3) is 0 Å². The van der Waals surface area contributed by atoms with E-state index < -0.39 is 0 Å². The van der Waals surface area contributed by atoms with Gasteiger partial charge in [0.25, 0.3) is 0 Å². The molecule has 5 heteroatoms. The van der Waals surface area contributed by atoms with E-state index in [0.29, 0.717) is 11.4 Å². The van der Waals surface area contributed by atoms with E-state index in [-0.39, 0.29) is 24.7 Å². The minimum absolute atomic E-state index is 0.0264. The topological polar surface area (TPSA) is 61.4 Å². The van der Waals surface area contributed by atoms with Gasteiger partial charge in [0.1, 0.15) is 0 Å². The van der Waals surface area contributed by atoms with Gasteiger partial charge in [0.05, 0.1) is 0 Å². The third-order valence-corrected chi connectivity index (χ3v) is 3.22. The third kappa shape index (κ3) is 6.78. The quantitative estimate of drug-likeness (QED) is 0.725. The Labute approximate surface area is 125 Å². The summed E-state index contributed by atoms with van der Waals surface area (Å²) in [6.45, 7) is 4.04. The molecule has 2 unspecified atom stereocenters. The average molecular weight is 299 g/mol. The van der Waals surface area contributed by atoms with E-state index in [1.165, 1.54) is 0 Å². The number of benzene rings is 1. The SMILES string of the molecule is CC(CCCO)NC(=O)NC(C)Cc1cccc(Cl)c1. The second-order valence-electron chi connectivity index (χ2n) is 5.12. The molecule has 1 aromatic carbocycles. The van der Waals surface area contributed by atoms with Gasteiger partial charge in [-0.2, -0.15) is 0 Å². The van der Waals surface area contributed by atoms with Crippen molar-refractivity contribution in [2.75, 3.05) is 6.61 Å². The highest BCUT2D eigenvalue weighted by Gasteiger charge is 2.10. The maximum atomic E-state index is 11.8. The molecule has 2 amide bonds. The lowest BCUT2D eigenvalue weighted by Crippen LogP contribution is -2.45. The monoisotopic (exact) mass is 298 g/mol. The molecule has 4 nitrogen and oxygen atoms in total. The molecule has 0 heterocycles. The van der Waals surface area contributed by atoms with E-state index in [0.717, 1.165) is 18.4 Å². The summed E-state index contributed by atoms with van der Waals surface area (Å²) < 4.78 is 0. The second kappa shape index (κ2) is 8.82. The predicted molar refractivity (Wildman–Crippen MR) is 82.1 cm³/mol. The Morgan fingerprint density at radius 2 is 2.00 bits per heavy atom. The zero-order valence-corrected chi connectivity index (χ0v) is 12.8. The van der Waals surface area contributed by atoms with Crippen molar-refractivity contribution >= 4 is 17.6 Å². The minimum atomic E-state index is -0.176. The summed E-state index contributed by atoms with van der Waals surface area (Å²) in [5.41, 5.74) is 1.10. The number of urea groups is 1. The highest BCUT2D eigenvalue weighted by atomic mass is 35.5. The molecule has 3 N–H and O–H groups in total. The van der Waals surface area contributed by atoms with Crippen molar-refractivity contribution in [3.63, 3.8) is 0 Å². The van der Waals surface area contributed by atoms with Crippen LogP contribution >= 0.6 is 11.6 Å². The molecule has 0 aliphatic rings. The van der Waals surface area contributed by atoms with Crippen LogP contribution in [-0.2, 0) is 6.42 Å². The number of nitrogens with one attached hydrogen (secondary N) is 2. The molecule has 0 aromatic heterocycles. The van der Waals surface area contributed by atoms with Crippen molar-refractivity contribution < 1.29 is 9.90 Å². The minimum Gasteiger partial charge on any atom is -0.396 e. The van der Waals surface area contributed by atoms with Crippen molar-refractivity contribution in [1.29, 1.82) is 0 Å². The third-order valence-electron chi connectivity index (χ3n) is 2.98. The van der Waals surface area contributed by atoms with Crippen LogP contribution in [0.15, 0.2) is 24.3 Å². The van der Waals surface area contributed by atoms with Crippen LogP contribution in [0, 0.1) is 0 Å². The fourth-order valence-corrected chi connectivity index (χ4v) is 2.24. The molecule has 0 spiro atoms. The second-order valence-corrected chi connectivity index (χ2v) is 5.56. The van der Waals surface area contributed by atoms with E-state index in [2.05, 4.69) is 10.6 Å².